The number of carbonyl (C=O) groups excluding carboxylic acids is 1. The molecule has 0 bridgehead atoms. The van der Waals surface area contributed by atoms with E-state index in [4.69, 9.17) is 34.8 Å². The third-order valence-electron chi connectivity index (χ3n) is 4.26. The molecule has 0 aliphatic heterocycles. The Labute approximate surface area is 191 Å². The molecule has 0 aliphatic carbocycles. The molecule has 2 N–H and O–H groups in total. The standard InChI is InChI=1S/C20H14Cl3N5OS/c1-11-17(12-2-4-13(21)5-3-12)28(16-7-6-14(22)10-15(16)23)27-18(11)25-19(29)26-20-24-8-9-30-20/h2-10H,1H3,(H2,24,25,26,27,29). The molecule has 2 aromatic heterocycles. The van der Waals surface area contributed by atoms with Gasteiger partial charge in [-0.05, 0) is 37.3 Å². The van der Waals surface area contributed by atoms with E-state index in [0.29, 0.717) is 31.7 Å². The second kappa shape index (κ2) is 8.65. The van der Waals surface area contributed by atoms with E-state index < -0.39 is 6.03 Å². The van der Waals surface area contributed by atoms with Crippen molar-refractivity contribution in [1.82, 2.24) is 14.8 Å². The number of rotatable bonds is 4. The minimum absolute atomic E-state index is 0.389. The topological polar surface area (TPSA) is 71.8 Å². The number of aromatic nitrogens is 3. The van der Waals surface area contributed by atoms with Gasteiger partial charge in [0.15, 0.2) is 10.9 Å². The first-order valence-corrected chi connectivity index (χ1v) is 10.7. The Kier molecular flexibility index (Phi) is 5.97. The van der Waals surface area contributed by atoms with E-state index >= 15 is 0 Å². The number of halogens is 3. The Morgan fingerprint density at radius 3 is 2.43 bits per heavy atom. The van der Waals surface area contributed by atoms with Crippen LogP contribution >= 0.6 is 46.1 Å². The van der Waals surface area contributed by atoms with Crippen LogP contribution in [0.4, 0.5) is 15.7 Å². The molecule has 4 rings (SSSR count). The summed E-state index contributed by atoms with van der Waals surface area (Å²) in [5.41, 5.74) is 3.02. The summed E-state index contributed by atoms with van der Waals surface area (Å²) in [5.74, 6) is 0.389. The maximum Gasteiger partial charge on any atom is 0.326 e. The summed E-state index contributed by atoms with van der Waals surface area (Å²) in [6.45, 7) is 1.87. The van der Waals surface area contributed by atoms with Crippen molar-refractivity contribution >= 4 is 63.1 Å². The molecule has 10 heteroatoms. The van der Waals surface area contributed by atoms with Crippen LogP contribution in [0.15, 0.2) is 54.0 Å². The fourth-order valence-electron chi connectivity index (χ4n) is 2.91. The Morgan fingerprint density at radius 2 is 1.77 bits per heavy atom. The average Bonchev–Trinajstić information content (AvgIpc) is 3.31. The molecule has 0 radical (unpaired) electrons. The number of nitrogens with zero attached hydrogens (tertiary/aromatic N) is 3. The molecule has 2 heterocycles. The van der Waals surface area contributed by atoms with Gasteiger partial charge < -0.3 is 0 Å². The molecule has 0 saturated heterocycles. The molecular formula is C20H14Cl3N5OS. The molecule has 2 aromatic carbocycles. The summed E-state index contributed by atoms with van der Waals surface area (Å²) in [6, 6.07) is 12.0. The van der Waals surface area contributed by atoms with Crippen molar-refractivity contribution in [2.24, 2.45) is 0 Å². The smallest absolute Gasteiger partial charge is 0.290 e. The van der Waals surface area contributed by atoms with Gasteiger partial charge in [0.1, 0.15) is 0 Å². The number of benzene rings is 2. The predicted octanol–water partition coefficient (Wildman–Crippen LogP) is 6.91. The van der Waals surface area contributed by atoms with E-state index in [1.54, 1.807) is 46.6 Å². The highest BCUT2D eigenvalue weighted by Gasteiger charge is 2.20. The van der Waals surface area contributed by atoms with Gasteiger partial charge in [-0.1, -0.05) is 46.9 Å². The van der Waals surface area contributed by atoms with Crippen LogP contribution in [0.1, 0.15) is 5.56 Å². The number of thiazole rings is 1. The van der Waals surface area contributed by atoms with Gasteiger partial charge >= 0.3 is 6.03 Å². The lowest BCUT2D eigenvalue weighted by Crippen LogP contribution is -2.20. The minimum atomic E-state index is -0.442. The highest BCUT2D eigenvalue weighted by Crippen LogP contribution is 2.34. The molecule has 6 nitrogen and oxygen atoms in total. The van der Waals surface area contributed by atoms with Gasteiger partial charge in [0, 0.05) is 32.7 Å². The lowest BCUT2D eigenvalue weighted by Gasteiger charge is -2.10. The number of urea groups is 1. The molecule has 152 valence electrons. The van der Waals surface area contributed by atoms with Crippen molar-refractivity contribution in [2.45, 2.75) is 6.92 Å². The second-order valence-corrected chi connectivity index (χ2v) is 8.43. The highest BCUT2D eigenvalue weighted by atomic mass is 35.5. The first-order chi connectivity index (χ1) is 14.4. The number of amides is 2. The summed E-state index contributed by atoms with van der Waals surface area (Å²) in [4.78, 5) is 16.5. The number of anilines is 2. The van der Waals surface area contributed by atoms with Crippen molar-refractivity contribution in [3.05, 3.63) is 74.7 Å². The van der Waals surface area contributed by atoms with Crippen LogP contribution in [0.25, 0.3) is 16.9 Å². The van der Waals surface area contributed by atoms with Crippen LogP contribution in [-0.4, -0.2) is 20.8 Å². The largest absolute Gasteiger partial charge is 0.326 e. The molecule has 30 heavy (non-hydrogen) atoms. The number of hydrogen-bond donors (Lipinski definition) is 2. The Morgan fingerprint density at radius 1 is 1.03 bits per heavy atom. The third-order valence-corrected chi connectivity index (χ3v) is 5.74. The number of hydrogen-bond acceptors (Lipinski definition) is 4. The second-order valence-electron chi connectivity index (χ2n) is 6.25. The zero-order chi connectivity index (χ0) is 21.3. The molecule has 4 aromatic rings. The maximum absolute atomic E-state index is 12.4. The Balaban J connectivity index is 1.78. The average molecular weight is 479 g/mol. The fourth-order valence-corrected chi connectivity index (χ4v) is 4.05. The van der Waals surface area contributed by atoms with Gasteiger partial charge in [-0.25, -0.2) is 14.5 Å². The molecule has 0 spiro atoms. The van der Waals surface area contributed by atoms with E-state index in [1.807, 2.05) is 19.1 Å². The normalized spacial score (nSPS) is 10.8. The minimum Gasteiger partial charge on any atom is -0.290 e. The third kappa shape index (κ3) is 4.29. The molecule has 0 fully saturated rings. The number of nitrogens with one attached hydrogen (secondary N) is 2. The van der Waals surface area contributed by atoms with Gasteiger partial charge in [-0.15, -0.1) is 16.4 Å². The number of carbonyl (C=O) groups is 1. The van der Waals surface area contributed by atoms with Crippen molar-refractivity contribution < 1.29 is 4.79 Å². The summed E-state index contributed by atoms with van der Waals surface area (Å²) >= 11 is 19.9. The van der Waals surface area contributed by atoms with Crippen LogP contribution in [0, 0.1) is 6.92 Å². The van der Waals surface area contributed by atoms with E-state index in [1.165, 1.54) is 11.3 Å². The van der Waals surface area contributed by atoms with Crippen LogP contribution < -0.4 is 10.6 Å². The SMILES string of the molecule is Cc1c(NC(=O)Nc2nccs2)nn(-c2ccc(Cl)cc2Cl)c1-c1ccc(Cl)cc1. The molecule has 0 aliphatic rings. The fraction of sp³-hybridized carbons (Fsp3) is 0.0500. The van der Waals surface area contributed by atoms with E-state index in [2.05, 4.69) is 20.7 Å². The van der Waals surface area contributed by atoms with Gasteiger partial charge in [0.2, 0.25) is 0 Å². The van der Waals surface area contributed by atoms with Gasteiger partial charge in [-0.3, -0.25) is 10.6 Å². The van der Waals surface area contributed by atoms with Crippen LogP contribution in [0.3, 0.4) is 0 Å². The summed E-state index contributed by atoms with van der Waals surface area (Å²) in [5, 5.41) is 13.9. The van der Waals surface area contributed by atoms with Crippen molar-refractivity contribution in [2.75, 3.05) is 10.6 Å². The van der Waals surface area contributed by atoms with Crippen molar-refractivity contribution in [1.29, 1.82) is 0 Å². The zero-order valence-electron chi connectivity index (χ0n) is 15.5. The van der Waals surface area contributed by atoms with Gasteiger partial charge in [0.25, 0.3) is 0 Å². The van der Waals surface area contributed by atoms with Crippen LogP contribution in [-0.2, 0) is 0 Å². The van der Waals surface area contributed by atoms with Crippen molar-refractivity contribution in [3.8, 4) is 16.9 Å². The van der Waals surface area contributed by atoms with Gasteiger partial charge in [0.05, 0.1) is 16.4 Å². The lowest BCUT2D eigenvalue weighted by atomic mass is 10.1. The summed E-state index contributed by atoms with van der Waals surface area (Å²) < 4.78 is 1.68. The zero-order valence-corrected chi connectivity index (χ0v) is 18.6. The Bertz CT molecular complexity index is 1210. The molecular weight excluding hydrogens is 465 g/mol. The quantitative estimate of drug-likeness (QED) is 0.335. The lowest BCUT2D eigenvalue weighted by molar-refractivity contribution is 0.262. The van der Waals surface area contributed by atoms with E-state index in [0.717, 1.165) is 16.8 Å². The maximum atomic E-state index is 12.4. The predicted molar refractivity (Wildman–Crippen MR) is 124 cm³/mol. The summed E-state index contributed by atoms with van der Waals surface area (Å²) in [6.07, 6.45) is 1.61. The Hall–Kier alpha value is -2.58. The molecule has 0 unspecified atom stereocenters. The van der Waals surface area contributed by atoms with Crippen LogP contribution in [0.5, 0.6) is 0 Å². The van der Waals surface area contributed by atoms with E-state index in [-0.39, 0.29) is 0 Å². The summed E-state index contributed by atoms with van der Waals surface area (Å²) in [7, 11) is 0. The molecule has 2 amide bonds. The first-order valence-electron chi connectivity index (χ1n) is 8.71. The van der Waals surface area contributed by atoms with Crippen molar-refractivity contribution in [3.63, 3.8) is 0 Å². The monoisotopic (exact) mass is 477 g/mol. The molecule has 0 atom stereocenters. The van der Waals surface area contributed by atoms with Gasteiger partial charge in [-0.2, -0.15) is 0 Å². The van der Waals surface area contributed by atoms with Crippen LogP contribution in [0.2, 0.25) is 15.1 Å². The first kappa shape index (κ1) is 20.7. The molecule has 0 saturated carbocycles. The highest BCUT2D eigenvalue weighted by molar-refractivity contribution is 7.13. The van der Waals surface area contributed by atoms with E-state index in [9.17, 15) is 4.79 Å².